The summed E-state index contributed by atoms with van der Waals surface area (Å²) in [6, 6.07) is 0. The molecule has 0 bridgehead atoms. The Kier molecular flexibility index (Phi) is 3.32. The van der Waals surface area contributed by atoms with Gasteiger partial charge in [-0.2, -0.15) is 0 Å². The van der Waals surface area contributed by atoms with E-state index < -0.39 is 23.9 Å². The van der Waals surface area contributed by atoms with E-state index in [4.69, 9.17) is 4.74 Å². The fourth-order valence-electron chi connectivity index (χ4n) is 1.91. The van der Waals surface area contributed by atoms with Crippen LogP contribution < -0.4 is 0 Å². The Bertz CT molecular complexity index is 218. The average Bonchev–Trinajstić information content (AvgIpc) is 2.21. The van der Waals surface area contributed by atoms with Gasteiger partial charge in [-0.05, 0) is 6.92 Å². The predicted octanol–water partition coefficient (Wildman–Crippen LogP) is -0.320. The molecule has 5 atom stereocenters. The molecule has 3 N–H and O–H groups in total. The zero-order valence-corrected chi connectivity index (χ0v) is 8.55. The van der Waals surface area contributed by atoms with Crippen molar-refractivity contribution in [3.63, 3.8) is 0 Å². The second kappa shape index (κ2) is 3.98. The minimum Gasteiger partial charge on any atom is -0.393 e. The van der Waals surface area contributed by atoms with Gasteiger partial charge in [0.15, 0.2) is 0 Å². The molecule has 4 heteroatoms. The van der Waals surface area contributed by atoms with Crippen LogP contribution in [0.15, 0.2) is 12.7 Å². The summed E-state index contributed by atoms with van der Waals surface area (Å²) in [5.74, 6) is -0.344. The van der Waals surface area contributed by atoms with Crippen LogP contribution in [0.25, 0.3) is 0 Å². The van der Waals surface area contributed by atoms with E-state index in [0.29, 0.717) is 0 Å². The van der Waals surface area contributed by atoms with Gasteiger partial charge in [-0.25, -0.2) is 0 Å². The molecule has 4 nitrogen and oxygen atoms in total. The van der Waals surface area contributed by atoms with Crippen LogP contribution in [0.1, 0.15) is 13.8 Å². The third-order valence-corrected chi connectivity index (χ3v) is 3.02. The molecule has 0 aromatic carbocycles. The Morgan fingerprint density at radius 3 is 2.43 bits per heavy atom. The van der Waals surface area contributed by atoms with Crippen LogP contribution in [0.3, 0.4) is 0 Å². The van der Waals surface area contributed by atoms with Gasteiger partial charge in [-0.15, -0.1) is 6.58 Å². The van der Waals surface area contributed by atoms with Crippen LogP contribution in [0.4, 0.5) is 0 Å². The summed E-state index contributed by atoms with van der Waals surface area (Å²) in [6.07, 6.45) is -0.671. The molecule has 0 saturated carbocycles. The smallest absolute Gasteiger partial charge is 0.135 e. The van der Waals surface area contributed by atoms with E-state index in [2.05, 4.69) is 6.58 Å². The highest BCUT2D eigenvalue weighted by Crippen LogP contribution is 2.33. The van der Waals surface area contributed by atoms with Crippen LogP contribution in [-0.2, 0) is 4.74 Å². The van der Waals surface area contributed by atoms with Gasteiger partial charge < -0.3 is 20.1 Å². The maximum Gasteiger partial charge on any atom is 0.135 e. The van der Waals surface area contributed by atoms with Crippen molar-refractivity contribution in [2.45, 2.75) is 37.8 Å². The fraction of sp³-hybridized carbons (Fsp3) is 0.800. The summed E-state index contributed by atoms with van der Waals surface area (Å²) in [5.41, 5.74) is -1.14. The first-order valence-corrected chi connectivity index (χ1v) is 4.77. The predicted molar refractivity (Wildman–Crippen MR) is 51.7 cm³/mol. The first-order valence-electron chi connectivity index (χ1n) is 4.77. The Labute approximate surface area is 83.8 Å². The SMILES string of the molecule is C=CC1(CO)OC(C)C(O)C(C)C1O. The van der Waals surface area contributed by atoms with Crippen LogP contribution in [0.2, 0.25) is 0 Å². The van der Waals surface area contributed by atoms with Crippen LogP contribution in [0.5, 0.6) is 0 Å². The molecule has 0 aliphatic carbocycles. The standard InChI is InChI=1S/C10H18O4/c1-4-10(5-11)9(13)6(2)8(12)7(3)14-10/h4,6-9,11-13H,1,5H2,2-3H3. The van der Waals surface area contributed by atoms with Crippen molar-refractivity contribution in [1.29, 1.82) is 0 Å². The summed E-state index contributed by atoms with van der Waals surface area (Å²) < 4.78 is 5.40. The van der Waals surface area contributed by atoms with E-state index in [9.17, 15) is 15.3 Å². The van der Waals surface area contributed by atoms with Gasteiger partial charge in [0.05, 0.1) is 24.9 Å². The van der Waals surface area contributed by atoms with Crippen molar-refractivity contribution in [3.8, 4) is 0 Å². The summed E-state index contributed by atoms with van der Waals surface area (Å²) >= 11 is 0. The van der Waals surface area contributed by atoms with E-state index in [1.54, 1.807) is 13.8 Å². The van der Waals surface area contributed by atoms with Crippen molar-refractivity contribution in [3.05, 3.63) is 12.7 Å². The van der Waals surface area contributed by atoms with Gasteiger partial charge in [-0.3, -0.25) is 0 Å². The largest absolute Gasteiger partial charge is 0.393 e. The number of hydrogen-bond donors (Lipinski definition) is 3. The lowest BCUT2D eigenvalue weighted by Gasteiger charge is -2.46. The number of aliphatic hydroxyl groups is 3. The minimum absolute atomic E-state index is 0.334. The van der Waals surface area contributed by atoms with Crippen molar-refractivity contribution in [2.24, 2.45) is 5.92 Å². The molecule has 1 aliphatic heterocycles. The van der Waals surface area contributed by atoms with E-state index in [1.165, 1.54) is 6.08 Å². The molecule has 0 radical (unpaired) electrons. The fourth-order valence-corrected chi connectivity index (χ4v) is 1.91. The Balaban J connectivity index is 2.94. The summed E-state index contributed by atoms with van der Waals surface area (Å²) in [7, 11) is 0. The third-order valence-electron chi connectivity index (χ3n) is 3.02. The molecular weight excluding hydrogens is 184 g/mol. The molecule has 5 unspecified atom stereocenters. The topological polar surface area (TPSA) is 69.9 Å². The van der Waals surface area contributed by atoms with Crippen molar-refractivity contribution in [1.82, 2.24) is 0 Å². The summed E-state index contributed by atoms with van der Waals surface area (Å²) in [5, 5.41) is 28.7. The highest BCUT2D eigenvalue weighted by atomic mass is 16.5. The quantitative estimate of drug-likeness (QED) is 0.537. The number of rotatable bonds is 2. The molecule has 0 aromatic heterocycles. The van der Waals surface area contributed by atoms with E-state index in [0.717, 1.165) is 0 Å². The zero-order valence-electron chi connectivity index (χ0n) is 8.55. The average molecular weight is 202 g/mol. The van der Waals surface area contributed by atoms with Gasteiger partial charge in [0.1, 0.15) is 5.60 Å². The second-order valence-electron chi connectivity index (χ2n) is 3.93. The molecule has 0 spiro atoms. The number of hydrogen-bond acceptors (Lipinski definition) is 4. The Hall–Kier alpha value is -0.420. The molecule has 14 heavy (non-hydrogen) atoms. The molecule has 1 aliphatic rings. The van der Waals surface area contributed by atoms with Crippen LogP contribution in [-0.4, -0.2) is 45.8 Å². The summed E-state index contributed by atoms with van der Waals surface area (Å²) in [4.78, 5) is 0. The third kappa shape index (κ3) is 1.59. The van der Waals surface area contributed by atoms with Crippen molar-refractivity contribution >= 4 is 0 Å². The van der Waals surface area contributed by atoms with Crippen molar-refractivity contribution < 1.29 is 20.1 Å². The van der Waals surface area contributed by atoms with Crippen LogP contribution in [0, 0.1) is 5.92 Å². The van der Waals surface area contributed by atoms with Gasteiger partial charge in [-0.1, -0.05) is 13.0 Å². The van der Waals surface area contributed by atoms with Gasteiger partial charge in [0.2, 0.25) is 0 Å². The lowest BCUT2D eigenvalue weighted by molar-refractivity contribution is -0.235. The van der Waals surface area contributed by atoms with E-state index >= 15 is 0 Å². The van der Waals surface area contributed by atoms with Gasteiger partial charge in [0, 0.05) is 5.92 Å². The summed E-state index contributed by atoms with van der Waals surface area (Å²) in [6.45, 7) is 6.64. The lowest BCUT2D eigenvalue weighted by atomic mass is 9.80. The molecule has 0 amide bonds. The maximum absolute atomic E-state index is 9.86. The van der Waals surface area contributed by atoms with Gasteiger partial charge >= 0.3 is 0 Å². The monoisotopic (exact) mass is 202 g/mol. The van der Waals surface area contributed by atoms with E-state index in [-0.39, 0.29) is 12.5 Å². The van der Waals surface area contributed by atoms with Crippen LogP contribution >= 0.6 is 0 Å². The molecule has 0 aromatic rings. The first kappa shape index (κ1) is 11.7. The molecule has 1 fully saturated rings. The normalized spacial score (nSPS) is 48.9. The van der Waals surface area contributed by atoms with Gasteiger partial charge in [0.25, 0.3) is 0 Å². The highest BCUT2D eigenvalue weighted by Gasteiger charge is 2.48. The minimum atomic E-state index is -1.14. The molecule has 1 saturated heterocycles. The molecule has 1 rings (SSSR count). The zero-order chi connectivity index (χ0) is 10.9. The van der Waals surface area contributed by atoms with E-state index in [1.807, 2.05) is 0 Å². The first-order chi connectivity index (χ1) is 6.48. The molecular formula is C10H18O4. The second-order valence-corrected chi connectivity index (χ2v) is 3.93. The lowest BCUT2D eigenvalue weighted by Crippen LogP contribution is -2.60. The Morgan fingerprint density at radius 1 is 1.43 bits per heavy atom. The Morgan fingerprint density at radius 2 is 2.00 bits per heavy atom. The highest BCUT2D eigenvalue weighted by molar-refractivity contribution is 5.08. The van der Waals surface area contributed by atoms with Crippen molar-refractivity contribution in [2.75, 3.05) is 6.61 Å². The molecule has 82 valence electrons. The maximum atomic E-state index is 9.86. The molecule has 1 heterocycles. The number of aliphatic hydroxyl groups excluding tert-OH is 3. The number of ether oxygens (including phenoxy) is 1.